The standard InChI is InChI=1S/C6H14N2.CH4/c1-7-6(8-2)4-3-5-6;/h7-8H,3-5H2,1-2H3;1H4. The van der Waals surface area contributed by atoms with Crippen LogP contribution in [0.4, 0.5) is 0 Å². The van der Waals surface area contributed by atoms with Crippen molar-refractivity contribution in [2.45, 2.75) is 32.4 Å². The van der Waals surface area contributed by atoms with E-state index in [9.17, 15) is 0 Å². The number of hydrogen-bond acceptors (Lipinski definition) is 2. The summed E-state index contributed by atoms with van der Waals surface area (Å²) in [5.41, 5.74) is 0.306. The van der Waals surface area contributed by atoms with Gasteiger partial charge in [-0.25, -0.2) is 0 Å². The SMILES string of the molecule is C.CNC1(NC)CCC1. The molecule has 1 saturated carbocycles. The van der Waals surface area contributed by atoms with Crippen LogP contribution >= 0.6 is 0 Å². The van der Waals surface area contributed by atoms with Crippen LogP contribution in [0, 0.1) is 0 Å². The van der Waals surface area contributed by atoms with Crippen LogP contribution in [0.5, 0.6) is 0 Å². The van der Waals surface area contributed by atoms with Crippen LogP contribution in [0.3, 0.4) is 0 Å². The molecule has 0 amide bonds. The molecule has 0 unspecified atom stereocenters. The van der Waals surface area contributed by atoms with Gasteiger partial charge in [-0.3, -0.25) is 0 Å². The van der Waals surface area contributed by atoms with Crippen molar-refractivity contribution in [3.8, 4) is 0 Å². The fourth-order valence-electron chi connectivity index (χ4n) is 1.16. The van der Waals surface area contributed by atoms with E-state index in [0.717, 1.165) is 0 Å². The second-order valence-corrected chi connectivity index (χ2v) is 2.44. The van der Waals surface area contributed by atoms with Crippen molar-refractivity contribution < 1.29 is 0 Å². The molecule has 0 atom stereocenters. The lowest BCUT2D eigenvalue weighted by atomic mass is 9.85. The van der Waals surface area contributed by atoms with Crippen LogP contribution in [-0.4, -0.2) is 19.8 Å². The summed E-state index contributed by atoms with van der Waals surface area (Å²) in [4.78, 5) is 0. The van der Waals surface area contributed by atoms with E-state index in [0.29, 0.717) is 5.66 Å². The lowest BCUT2D eigenvalue weighted by molar-refractivity contribution is 0.161. The second-order valence-electron chi connectivity index (χ2n) is 2.44. The third-order valence-electron chi connectivity index (χ3n) is 2.16. The van der Waals surface area contributed by atoms with Crippen LogP contribution in [0.2, 0.25) is 0 Å². The van der Waals surface area contributed by atoms with E-state index in [2.05, 4.69) is 10.6 Å². The first-order valence-electron chi connectivity index (χ1n) is 3.21. The molecule has 2 nitrogen and oxygen atoms in total. The third-order valence-corrected chi connectivity index (χ3v) is 2.16. The maximum atomic E-state index is 3.25. The van der Waals surface area contributed by atoms with Gasteiger partial charge in [-0.15, -0.1) is 0 Å². The lowest BCUT2D eigenvalue weighted by Gasteiger charge is -2.41. The Kier molecular flexibility index (Phi) is 3.15. The Labute approximate surface area is 58.0 Å². The van der Waals surface area contributed by atoms with Gasteiger partial charge in [0, 0.05) is 0 Å². The van der Waals surface area contributed by atoms with Crippen LogP contribution in [0.25, 0.3) is 0 Å². The molecular weight excluding hydrogens is 112 g/mol. The van der Waals surface area contributed by atoms with E-state index in [1.54, 1.807) is 0 Å². The topological polar surface area (TPSA) is 24.1 Å². The Morgan fingerprint density at radius 3 is 1.56 bits per heavy atom. The van der Waals surface area contributed by atoms with Gasteiger partial charge in [0.2, 0.25) is 0 Å². The Morgan fingerprint density at radius 2 is 1.56 bits per heavy atom. The molecule has 0 heterocycles. The summed E-state index contributed by atoms with van der Waals surface area (Å²) in [6.07, 6.45) is 3.92. The van der Waals surface area contributed by atoms with Crippen LogP contribution < -0.4 is 10.6 Å². The highest BCUT2D eigenvalue weighted by Gasteiger charge is 2.32. The van der Waals surface area contributed by atoms with Gasteiger partial charge in [0.15, 0.2) is 0 Å². The van der Waals surface area contributed by atoms with Crippen molar-refractivity contribution >= 4 is 0 Å². The molecule has 0 aliphatic heterocycles. The summed E-state index contributed by atoms with van der Waals surface area (Å²) in [5, 5.41) is 6.51. The summed E-state index contributed by atoms with van der Waals surface area (Å²) >= 11 is 0. The van der Waals surface area contributed by atoms with Crippen molar-refractivity contribution in [3.63, 3.8) is 0 Å². The first-order chi connectivity index (χ1) is 3.83. The summed E-state index contributed by atoms with van der Waals surface area (Å²) in [6, 6.07) is 0. The van der Waals surface area contributed by atoms with Crippen molar-refractivity contribution in [1.29, 1.82) is 0 Å². The third kappa shape index (κ3) is 1.43. The van der Waals surface area contributed by atoms with Crippen LogP contribution in [0.15, 0.2) is 0 Å². The summed E-state index contributed by atoms with van der Waals surface area (Å²) in [7, 11) is 4.02. The average Bonchev–Trinajstić information content (AvgIpc) is 1.67. The summed E-state index contributed by atoms with van der Waals surface area (Å²) in [6.45, 7) is 0. The highest BCUT2D eigenvalue weighted by molar-refractivity contribution is 4.90. The zero-order valence-electron chi connectivity index (χ0n) is 5.62. The Balaban J connectivity index is 0.000000640. The van der Waals surface area contributed by atoms with Gasteiger partial charge in [0.05, 0.1) is 5.66 Å². The normalized spacial score (nSPS) is 22.0. The predicted octanol–water partition coefficient (Wildman–Crippen LogP) is 0.941. The highest BCUT2D eigenvalue weighted by Crippen LogP contribution is 2.27. The van der Waals surface area contributed by atoms with Gasteiger partial charge in [-0.2, -0.15) is 0 Å². The first kappa shape index (κ1) is 8.92. The molecular formula is C7H18N2. The fraction of sp³-hybridized carbons (Fsp3) is 1.00. The zero-order chi connectivity index (χ0) is 6.04. The van der Waals surface area contributed by atoms with E-state index >= 15 is 0 Å². The molecule has 0 spiro atoms. The molecule has 1 aliphatic carbocycles. The molecule has 2 heteroatoms. The number of hydrogen-bond donors (Lipinski definition) is 2. The van der Waals surface area contributed by atoms with Gasteiger partial charge in [-0.05, 0) is 33.4 Å². The smallest absolute Gasteiger partial charge is 0.0682 e. The first-order valence-corrected chi connectivity index (χ1v) is 3.21. The molecule has 0 aromatic carbocycles. The Morgan fingerprint density at radius 1 is 1.11 bits per heavy atom. The summed E-state index contributed by atoms with van der Waals surface area (Å²) in [5.74, 6) is 0. The predicted molar refractivity (Wildman–Crippen MR) is 41.4 cm³/mol. The van der Waals surface area contributed by atoms with E-state index in [-0.39, 0.29) is 7.43 Å². The lowest BCUT2D eigenvalue weighted by Crippen LogP contribution is -2.58. The zero-order valence-corrected chi connectivity index (χ0v) is 5.62. The molecule has 9 heavy (non-hydrogen) atoms. The van der Waals surface area contributed by atoms with Crippen molar-refractivity contribution in [1.82, 2.24) is 10.6 Å². The minimum atomic E-state index is 0. The monoisotopic (exact) mass is 130 g/mol. The molecule has 0 aromatic heterocycles. The van der Waals surface area contributed by atoms with Gasteiger partial charge >= 0.3 is 0 Å². The Hall–Kier alpha value is -0.0800. The average molecular weight is 130 g/mol. The molecule has 1 rings (SSSR count). The van der Waals surface area contributed by atoms with Crippen molar-refractivity contribution in [3.05, 3.63) is 0 Å². The van der Waals surface area contributed by atoms with E-state index in [1.807, 2.05) is 14.1 Å². The number of nitrogens with one attached hydrogen (secondary N) is 2. The van der Waals surface area contributed by atoms with E-state index in [1.165, 1.54) is 19.3 Å². The fourth-order valence-corrected chi connectivity index (χ4v) is 1.16. The van der Waals surface area contributed by atoms with Crippen LogP contribution in [0.1, 0.15) is 26.7 Å². The molecule has 0 saturated heterocycles. The van der Waals surface area contributed by atoms with E-state index < -0.39 is 0 Å². The Bertz CT molecular complexity index is 63.5. The minimum absolute atomic E-state index is 0. The molecule has 1 aliphatic rings. The van der Waals surface area contributed by atoms with Gasteiger partial charge in [-0.1, -0.05) is 7.43 Å². The van der Waals surface area contributed by atoms with Gasteiger partial charge in [0.25, 0.3) is 0 Å². The quantitative estimate of drug-likeness (QED) is 0.544. The van der Waals surface area contributed by atoms with Crippen molar-refractivity contribution in [2.24, 2.45) is 0 Å². The number of rotatable bonds is 2. The molecule has 0 bridgehead atoms. The van der Waals surface area contributed by atoms with E-state index in [4.69, 9.17) is 0 Å². The molecule has 0 radical (unpaired) electrons. The maximum Gasteiger partial charge on any atom is 0.0682 e. The van der Waals surface area contributed by atoms with Gasteiger partial charge in [0.1, 0.15) is 0 Å². The molecule has 2 N–H and O–H groups in total. The largest absolute Gasteiger partial charge is 0.302 e. The van der Waals surface area contributed by atoms with Crippen LogP contribution in [-0.2, 0) is 0 Å². The molecule has 1 fully saturated rings. The second kappa shape index (κ2) is 3.18. The maximum absolute atomic E-state index is 3.25. The van der Waals surface area contributed by atoms with Crippen molar-refractivity contribution in [2.75, 3.05) is 14.1 Å². The van der Waals surface area contributed by atoms with Gasteiger partial charge < -0.3 is 10.6 Å². The molecule has 56 valence electrons. The summed E-state index contributed by atoms with van der Waals surface area (Å²) < 4.78 is 0. The molecule has 0 aromatic rings. The minimum Gasteiger partial charge on any atom is -0.302 e. The highest BCUT2D eigenvalue weighted by atomic mass is 15.2.